The van der Waals surface area contributed by atoms with Crippen molar-refractivity contribution in [2.75, 3.05) is 25.0 Å². The number of hydrogen-bond acceptors (Lipinski definition) is 5. The van der Waals surface area contributed by atoms with E-state index in [1.807, 2.05) is 4.90 Å². The average Bonchev–Trinajstić information content (AvgIpc) is 2.73. The third-order valence-corrected chi connectivity index (χ3v) is 4.91. The predicted octanol–water partition coefficient (Wildman–Crippen LogP) is 3.48. The van der Waals surface area contributed by atoms with Gasteiger partial charge in [0.1, 0.15) is 0 Å². The van der Waals surface area contributed by atoms with Gasteiger partial charge < -0.3 is 15.0 Å². The van der Waals surface area contributed by atoms with Crippen LogP contribution in [0.5, 0.6) is 5.75 Å². The van der Waals surface area contributed by atoms with E-state index in [0.29, 0.717) is 17.2 Å². The zero-order valence-corrected chi connectivity index (χ0v) is 16.2. The number of rotatable bonds is 6. The molecule has 1 saturated heterocycles. The summed E-state index contributed by atoms with van der Waals surface area (Å²) in [4.78, 5) is 36.9. The first kappa shape index (κ1) is 20.3. The molecule has 1 aliphatic rings. The van der Waals surface area contributed by atoms with Crippen molar-refractivity contribution in [1.29, 1.82) is 0 Å². The van der Waals surface area contributed by atoms with E-state index in [-0.39, 0.29) is 24.0 Å². The van der Waals surface area contributed by atoms with Crippen LogP contribution in [-0.4, -0.2) is 41.3 Å². The standard InChI is InChI=1S/C21H23N3O5/c1-15-10-12-23(13-11-15)21(26)16-6-8-17(9-7-16)22-20(25)14-29-19-5-3-2-4-18(19)24(27)28/h2-9,15H,10-14H2,1H3,(H,22,25). The van der Waals surface area contributed by atoms with Crippen LogP contribution >= 0.6 is 0 Å². The third kappa shape index (κ3) is 5.31. The quantitative estimate of drug-likeness (QED) is 0.594. The van der Waals surface area contributed by atoms with Crippen molar-refractivity contribution < 1.29 is 19.2 Å². The summed E-state index contributed by atoms with van der Waals surface area (Å²) < 4.78 is 5.27. The molecule has 0 aromatic heterocycles. The molecule has 8 nitrogen and oxygen atoms in total. The number of anilines is 1. The van der Waals surface area contributed by atoms with Gasteiger partial charge in [-0.1, -0.05) is 19.1 Å². The lowest BCUT2D eigenvalue weighted by molar-refractivity contribution is -0.385. The minimum Gasteiger partial charge on any atom is -0.477 e. The number of benzene rings is 2. The number of ether oxygens (including phenoxy) is 1. The summed E-state index contributed by atoms with van der Waals surface area (Å²) >= 11 is 0. The van der Waals surface area contributed by atoms with Gasteiger partial charge in [0.05, 0.1) is 4.92 Å². The molecule has 0 bridgehead atoms. The second-order valence-electron chi connectivity index (χ2n) is 7.11. The lowest BCUT2D eigenvalue weighted by atomic mass is 9.98. The first-order valence-corrected chi connectivity index (χ1v) is 9.49. The Balaban J connectivity index is 1.54. The highest BCUT2D eigenvalue weighted by Gasteiger charge is 2.21. The normalized spacial score (nSPS) is 14.3. The van der Waals surface area contributed by atoms with Gasteiger partial charge in [0.2, 0.25) is 0 Å². The summed E-state index contributed by atoms with van der Waals surface area (Å²) in [5, 5.41) is 13.6. The van der Waals surface area contributed by atoms with Crippen molar-refractivity contribution >= 4 is 23.2 Å². The van der Waals surface area contributed by atoms with E-state index in [2.05, 4.69) is 12.2 Å². The summed E-state index contributed by atoms with van der Waals surface area (Å²) in [5.74, 6) is 0.224. The Hall–Kier alpha value is -3.42. The zero-order valence-electron chi connectivity index (χ0n) is 16.2. The Morgan fingerprint density at radius 1 is 1.14 bits per heavy atom. The fourth-order valence-electron chi connectivity index (χ4n) is 3.16. The fraction of sp³-hybridized carbons (Fsp3) is 0.333. The van der Waals surface area contributed by atoms with Crippen LogP contribution in [0.3, 0.4) is 0 Å². The maximum absolute atomic E-state index is 12.5. The first-order chi connectivity index (χ1) is 13.9. The van der Waals surface area contributed by atoms with Gasteiger partial charge in [-0.3, -0.25) is 19.7 Å². The molecular weight excluding hydrogens is 374 g/mol. The van der Waals surface area contributed by atoms with Gasteiger partial charge in [-0.2, -0.15) is 0 Å². The number of para-hydroxylation sites is 2. The van der Waals surface area contributed by atoms with Crippen molar-refractivity contribution in [3.05, 3.63) is 64.2 Å². The fourth-order valence-corrected chi connectivity index (χ4v) is 3.16. The summed E-state index contributed by atoms with van der Waals surface area (Å²) in [6.07, 6.45) is 2.03. The van der Waals surface area contributed by atoms with E-state index in [1.165, 1.54) is 18.2 Å². The van der Waals surface area contributed by atoms with Crippen LogP contribution in [0.15, 0.2) is 48.5 Å². The van der Waals surface area contributed by atoms with E-state index in [0.717, 1.165) is 25.9 Å². The molecule has 0 saturated carbocycles. The van der Waals surface area contributed by atoms with E-state index < -0.39 is 10.8 Å². The molecule has 0 radical (unpaired) electrons. The van der Waals surface area contributed by atoms with Crippen LogP contribution in [0.2, 0.25) is 0 Å². The van der Waals surface area contributed by atoms with Crippen molar-refractivity contribution in [3.63, 3.8) is 0 Å². The smallest absolute Gasteiger partial charge is 0.310 e. The number of carbonyl (C=O) groups is 2. The highest BCUT2D eigenvalue weighted by atomic mass is 16.6. The molecule has 0 atom stereocenters. The number of nitrogens with one attached hydrogen (secondary N) is 1. The van der Waals surface area contributed by atoms with Crippen molar-refractivity contribution in [2.24, 2.45) is 5.92 Å². The van der Waals surface area contributed by atoms with E-state index in [9.17, 15) is 19.7 Å². The van der Waals surface area contributed by atoms with Crippen LogP contribution in [0.25, 0.3) is 0 Å². The third-order valence-electron chi connectivity index (χ3n) is 4.91. The second kappa shape index (κ2) is 9.18. The van der Waals surface area contributed by atoms with Crippen molar-refractivity contribution in [1.82, 2.24) is 4.90 Å². The number of hydrogen-bond donors (Lipinski definition) is 1. The molecular formula is C21H23N3O5. The molecule has 1 N–H and O–H groups in total. The van der Waals surface area contributed by atoms with Crippen molar-refractivity contribution in [2.45, 2.75) is 19.8 Å². The molecule has 2 amide bonds. The van der Waals surface area contributed by atoms with E-state index in [1.54, 1.807) is 30.3 Å². The van der Waals surface area contributed by atoms with E-state index >= 15 is 0 Å². The monoisotopic (exact) mass is 397 g/mol. The second-order valence-corrected chi connectivity index (χ2v) is 7.11. The number of nitrogens with zero attached hydrogens (tertiary/aromatic N) is 2. The van der Waals surface area contributed by atoms with Gasteiger partial charge in [0, 0.05) is 30.4 Å². The first-order valence-electron chi connectivity index (χ1n) is 9.49. The van der Waals surface area contributed by atoms with Crippen molar-refractivity contribution in [3.8, 4) is 5.75 Å². The topological polar surface area (TPSA) is 102 Å². The number of nitro groups is 1. The van der Waals surface area contributed by atoms with Crippen LogP contribution in [0.4, 0.5) is 11.4 Å². The highest BCUT2D eigenvalue weighted by molar-refractivity contribution is 5.96. The van der Waals surface area contributed by atoms with E-state index in [4.69, 9.17) is 4.74 Å². The number of nitro benzene ring substituents is 1. The number of carbonyl (C=O) groups excluding carboxylic acids is 2. The van der Waals surface area contributed by atoms with Crippen LogP contribution < -0.4 is 10.1 Å². The van der Waals surface area contributed by atoms with Gasteiger partial charge in [0.25, 0.3) is 11.8 Å². The van der Waals surface area contributed by atoms with Gasteiger partial charge >= 0.3 is 5.69 Å². The lowest BCUT2D eigenvalue weighted by Crippen LogP contribution is -2.37. The minimum atomic E-state index is -0.564. The molecule has 2 aromatic rings. The molecule has 152 valence electrons. The summed E-state index contributed by atoms with van der Waals surface area (Å²) in [7, 11) is 0. The van der Waals surface area contributed by atoms with Crippen LogP contribution in [0.1, 0.15) is 30.1 Å². The Labute approximate surface area is 168 Å². The summed E-state index contributed by atoms with van der Waals surface area (Å²) in [6, 6.07) is 12.5. The molecule has 29 heavy (non-hydrogen) atoms. The Kier molecular flexibility index (Phi) is 6.43. The maximum Gasteiger partial charge on any atom is 0.310 e. The van der Waals surface area contributed by atoms with Gasteiger partial charge in [0.15, 0.2) is 12.4 Å². The van der Waals surface area contributed by atoms with Gasteiger partial charge in [-0.25, -0.2) is 0 Å². The largest absolute Gasteiger partial charge is 0.477 e. The molecule has 2 aromatic carbocycles. The average molecular weight is 397 g/mol. The molecule has 1 aliphatic heterocycles. The highest BCUT2D eigenvalue weighted by Crippen LogP contribution is 2.25. The molecule has 0 spiro atoms. The van der Waals surface area contributed by atoms with Gasteiger partial charge in [-0.05, 0) is 49.1 Å². The van der Waals surface area contributed by atoms with Gasteiger partial charge in [-0.15, -0.1) is 0 Å². The SMILES string of the molecule is CC1CCN(C(=O)c2ccc(NC(=O)COc3ccccc3[N+](=O)[O-])cc2)CC1. The Morgan fingerprint density at radius 3 is 2.45 bits per heavy atom. The Morgan fingerprint density at radius 2 is 1.79 bits per heavy atom. The lowest BCUT2D eigenvalue weighted by Gasteiger charge is -2.30. The number of likely N-dealkylation sites (tertiary alicyclic amines) is 1. The maximum atomic E-state index is 12.5. The van der Waals surface area contributed by atoms with Crippen LogP contribution in [-0.2, 0) is 4.79 Å². The zero-order chi connectivity index (χ0) is 20.8. The summed E-state index contributed by atoms with van der Waals surface area (Å²) in [5.41, 5.74) is 0.897. The molecule has 1 fully saturated rings. The predicted molar refractivity (Wildman–Crippen MR) is 108 cm³/mol. The number of piperidine rings is 1. The summed E-state index contributed by atoms with van der Waals surface area (Å²) in [6.45, 7) is 3.36. The molecule has 1 heterocycles. The minimum absolute atomic E-state index is 0.00510. The number of amides is 2. The molecule has 8 heteroatoms. The van der Waals surface area contributed by atoms with Crippen LogP contribution in [0, 0.1) is 16.0 Å². The molecule has 0 aliphatic carbocycles. The molecule has 3 rings (SSSR count). The Bertz CT molecular complexity index is 889. The molecule has 0 unspecified atom stereocenters.